The van der Waals surface area contributed by atoms with Crippen LogP contribution in [0.25, 0.3) is 0 Å². The van der Waals surface area contributed by atoms with Crippen LogP contribution in [0.1, 0.15) is 19.8 Å². The molecule has 0 nitrogen and oxygen atoms in total. The molecule has 0 amide bonds. The van der Waals surface area contributed by atoms with Crippen molar-refractivity contribution in [1.29, 1.82) is 0 Å². The fraction of sp³-hybridized carbons (Fsp3) is 0.750. The normalized spacial score (nSPS) is 4.29. The molecule has 0 saturated carbocycles. The van der Waals surface area contributed by atoms with Crippen LogP contribution in [-0.2, 0) is 36.5 Å². The van der Waals surface area contributed by atoms with Gasteiger partial charge in [-0.15, -0.1) is 0 Å². The van der Waals surface area contributed by atoms with Crippen molar-refractivity contribution in [1.82, 2.24) is 0 Å². The average Bonchev–Trinajstić information content (AvgIpc) is 1.37. The third kappa shape index (κ3) is 37.1. The van der Waals surface area contributed by atoms with Crippen LogP contribution in [0, 0.1) is 6.92 Å². The number of halogens is 1. The molecule has 0 aliphatic rings. The van der Waals surface area contributed by atoms with Crippen molar-refractivity contribution < 1.29 is 49.0 Å². The zero-order valence-corrected chi connectivity index (χ0v) is 9.17. The third-order valence-electron chi connectivity index (χ3n) is 0.354. The molecule has 0 aromatic carbocycles. The van der Waals surface area contributed by atoms with E-state index in [0.29, 0.717) is 0 Å². The Balaban J connectivity index is -0.0000000150. The number of hydrogen-bond donors (Lipinski definition) is 0. The van der Waals surface area contributed by atoms with Crippen LogP contribution in [0.5, 0.6) is 0 Å². The van der Waals surface area contributed by atoms with Crippen molar-refractivity contribution in [3.63, 3.8) is 0 Å². The Hall–Kier alpha value is 1.43. The first-order valence-electron chi connectivity index (χ1n) is 1.71. The molecule has 0 aliphatic carbocycles. The molecule has 0 aromatic rings. The van der Waals surface area contributed by atoms with E-state index in [1.54, 1.807) is 0 Å². The first-order valence-corrected chi connectivity index (χ1v) is 1.71. The second-order valence-electron chi connectivity index (χ2n) is 0.854. The van der Waals surface area contributed by atoms with Crippen molar-refractivity contribution in [3.05, 3.63) is 6.92 Å². The molecular formula is C4H9ClCuZn+. The van der Waals surface area contributed by atoms with E-state index >= 15 is 0 Å². The van der Waals surface area contributed by atoms with E-state index in [2.05, 4.69) is 13.8 Å². The van der Waals surface area contributed by atoms with E-state index in [4.69, 9.17) is 0 Å². The van der Waals surface area contributed by atoms with Crippen LogP contribution >= 0.6 is 0 Å². The summed E-state index contributed by atoms with van der Waals surface area (Å²) < 4.78 is 0. The van der Waals surface area contributed by atoms with Crippen molar-refractivity contribution >= 4 is 0 Å². The largest absolute Gasteiger partial charge is 2.00 e. The molecule has 7 heavy (non-hydrogen) atoms. The minimum Gasteiger partial charge on any atom is -1.00 e. The fourth-order valence-corrected chi connectivity index (χ4v) is 0. The molecule has 3 heteroatoms. The summed E-state index contributed by atoms with van der Waals surface area (Å²) in [5, 5.41) is 0. The predicted octanol–water partition coefficient (Wildman–Crippen LogP) is -1.38. The van der Waals surface area contributed by atoms with Gasteiger partial charge in [0.2, 0.25) is 0 Å². The van der Waals surface area contributed by atoms with Gasteiger partial charge >= 0.3 is 19.5 Å². The molecule has 0 bridgehead atoms. The molecule has 0 rings (SSSR count). The van der Waals surface area contributed by atoms with E-state index in [0.717, 1.165) is 6.42 Å². The number of hydrogen-bond acceptors (Lipinski definition) is 0. The van der Waals surface area contributed by atoms with E-state index in [-0.39, 0.29) is 49.0 Å². The average molecular weight is 222 g/mol. The monoisotopic (exact) mass is 219 g/mol. The summed E-state index contributed by atoms with van der Waals surface area (Å²) in [5.74, 6) is 0. The molecule has 0 heterocycles. The summed E-state index contributed by atoms with van der Waals surface area (Å²) in [4.78, 5) is 0. The van der Waals surface area contributed by atoms with Gasteiger partial charge in [0.1, 0.15) is 0 Å². The van der Waals surface area contributed by atoms with Gasteiger partial charge in [-0.3, -0.25) is 0 Å². The molecular weight excluding hydrogens is 212 g/mol. The molecule has 2 radical (unpaired) electrons. The number of rotatable bonds is 1. The van der Waals surface area contributed by atoms with Crippen LogP contribution in [-0.4, -0.2) is 0 Å². The second kappa shape index (κ2) is 26.1. The summed E-state index contributed by atoms with van der Waals surface area (Å²) in [6.45, 7) is 5.72. The molecule has 0 saturated heterocycles. The van der Waals surface area contributed by atoms with Gasteiger partial charge in [0.25, 0.3) is 0 Å². The smallest absolute Gasteiger partial charge is 1.00 e. The SMILES string of the molecule is [CH2]CCC.[Cl-].[Cu].[Zn+2]. The quantitative estimate of drug-likeness (QED) is 0.479. The zero-order chi connectivity index (χ0) is 3.41. The first kappa shape index (κ1) is 23.7. The minimum atomic E-state index is 0. The van der Waals surface area contributed by atoms with Gasteiger partial charge in [0, 0.05) is 17.1 Å². The predicted molar refractivity (Wildman–Crippen MR) is 20.3 cm³/mol. The summed E-state index contributed by atoms with van der Waals surface area (Å²) in [6.07, 6.45) is 2.28. The maximum absolute atomic E-state index is 3.60. The summed E-state index contributed by atoms with van der Waals surface area (Å²) in [6, 6.07) is 0. The van der Waals surface area contributed by atoms with Gasteiger partial charge in [-0.05, 0) is 0 Å². The molecule has 0 fully saturated rings. The molecule has 0 atom stereocenters. The van der Waals surface area contributed by atoms with Crippen molar-refractivity contribution in [2.75, 3.05) is 0 Å². The van der Waals surface area contributed by atoms with E-state index in [1.165, 1.54) is 6.42 Å². The Bertz CT molecular complexity index is 13.7. The topological polar surface area (TPSA) is 0 Å². The van der Waals surface area contributed by atoms with Gasteiger partial charge in [-0.25, -0.2) is 0 Å². The Morgan fingerprint density at radius 3 is 1.57 bits per heavy atom. The molecule has 0 unspecified atom stereocenters. The molecule has 0 N–H and O–H groups in total. The Morgan fingerprint density at radius 2 is 1.57 bits per heavy atom. The zero-order valence-electron chi connectivity index (χ0n) is 4.51. The Morgan fingerprint density at radius 1 is 1.43 bits per heavy atom. The van der Waals surface area contributed by atoms with Crippen LogP contribution in [0.15, 0.2) is 0 Å². The van der Waals surface area contributed by atoms with Crippen molar-refractivity contribution in [2.24, 2.45) is 0 Å². The Kier molecular flexibility index (Phi) is 88.4. The van der Waals surface area contributed by atoms with Crippen LogP contribution in [0.4, 0.5) is 0 Å². The second-order valence-corrected chi connectivity index (χ2v) is 0.854. The fourth-order valence-electron chi connectivity index (χ4n) is 0. The van der Waals surface area contributed by atoms with E-state index < -0.39 is 0 Å². The van der Waals surface area contributed by atoms with Crippen molar-refractivity contribution in [3.8, 4) is 0 Å². The first-order chi connectivity index (χ1) is 1.91. The maximum Gasteiger partial charge on any atom is 2.00 e. The molecule has 0 aliphatic heterocycles. The number of unbranched alkanes of at least 4 members (excludes halogenated alkanes) is 1. The van der Waals surface area contributed by atoms with Crippen molar-refractivity contribution in [2.45, 2.75) is 19.8 Å². The molecule has 0 spiro atoms. The minimum absolute atomic E-state index is 0. The summed E-state index contributed by atoms with van der Waals surface area (Å²) in [7, 11) is 0. The van der Waals surface area contributed by atoms with Gasteiger partial charge in [-0.1, -0.05) is 26.7 Å². The van der Waals surface area contributed by atoms with Crippen LogP contribution in [0.3, 0.4) is 0 Å². The molecule has 0 aromatic heterocycles. The summed E-state index contributed by atoms with van der Waals surface area (Å²) >= 11 is 0. The third-order valence-corrected chi connectivity index (χ3v) is 0.354. The van der Waals surface area contributed by atoms with Gasteiger partial charge < -0.3 is 12.4 Å². The van der Waals surface area contributed by atoms with Crippen LogP contribution in [0.2, 0.25) is 0 Å². The maximum atomic E-state index is 3.60. The van der Waals surface area contributed by atoms with E-state index in [9.17, 15) is 0 Å². The van der Waals surface area contributed by atoms with Crippen LogP contribution < -0.4 is 12.4 Å². The van der Waals surface area contributed by atoms with Gasteiger partial charge in [0.15, 0.2) is 0 Å². The van der Waals surface area contributed by atoms with Gasteiger partial charge in [-0.2, -0.15) is 0 Å². The van der Waals surface area contributed by atoms with Gasteiger partial charge in [0.05, 0.1) is 0 Å². The Labute approximate surface area is 75.5 Å². The standard InChI is InChI=1S/C4H9.ClH.Cu.Zn/c1-3-4-2;;;/h1,3-4H2,2H3;1H;;/q;;;+2/p-1. The van der Waals surface area contributed by atoms with E-state index in [1.807, 2.05) is 0 Å². The molecule has 44 valence electrons. The summed E-state index contributed by atoms with van der Waals surface area (Å²) in [5.41, 5.74) is 0.